The zero-order valence-electron chi connectivity index (χ0n) is 14.3. The molecule has 3 rings (SSSR count). The normalized spacial score (nSPS) is 11.2. The summed E-state index contributed by atoms with van der Waals surface area (Å²) in [5, 5.41) is 3.47. The molecule has 0 aliphatic carbocycles. The smallest absolute Gasteiger partial charge is 0.254 e. The zero-order valence-corrected chi connectivity index (χ0v) is 15.9. The van der Waals surface area contributed by atoms with Gasteiger partial charge in [-0.1, -0.05) is 12.1 Å². The largest absolute Gasteiger partial charge is 0.383 e. The van der Waals surface area contributed by atoms with Gasteiger partial charge in [-0.3, -0.25) is 9.52 Å². The van der Waals surface area contributed by atoms with Crippen LogP contribution in [-0.4, -0.2) is 24.0 Å². The highest BCUT2D eigenvalue weighted by atomic mass is 32.2. The number of anilines is 1. The number of nitrogens with zero attached hydrogens (tertiary/aromatic N) is 1. The number of aromatic nitrogens is 1. The van der Waals surface area contributed by atoms with Crippen LogP contribution in [0.1, 0.15) is 24.2 Å². The van der Waals surface area contributed by atoms with Crippen molar-refractivity contribution in [2.45, 2.75) is 24.8 Å². The standard InChI is InChI=1S/C18H20N4OS2/c1-10(2)22-25-12-6-4-11(5-7-12)15-8-13-16(24-15)14(18(23)20-3)9-21-17(13)19/h4-10,22H,1-3H3,(H2,19,21)(H,20,23). The van der Waals surface area contributed by atoms with Crippen molar-refractivity contribution >= 4 is 45.1 Å². The third-order valence-corrected chi connectivity index (χ3v) is 5.92. The van der Waals surface area contributed by atoms with Gasteiger partial charge in [0.1, 0.15) is 5.82 Å². The number of nitrogen functional groups attached to an aromatic ring is 1. The summed E-state index contributed by atoms with van der Waals surface area (Å²) in [5.74, 6) is 0.288. The van der Waals surface area contributed by atoms with Crippen LogP contribution in [0, 0.1) is 0 Å². The Kier molecular flexibility index (Phi) is 5.27. The number of fused-ring (bicyclic) bond motifs is 1. The summed E-state index contributed by atoms with van der Waals surface area (Å²) in [5.41, 5.74) is 7.65. The molecule has 0 spiro atoms. The molecule has 0 unspecified atom stereocenters. The van der Waals surface area contributed by atoms with Crippen LogP contribution in [0.2, 0.25) is 0 Å². The summed E-state index contributed by atoms with van der Waals surface area (Å²) >= 11 is 3.18. The molecular weight excluding hydrogens is 352 g/mol. The number of nitrogens with one attached hydrogen (secondary N) is 2. The number of rotatable bonds is 5. The number of carbonyl (C=O) groups is 1. The molecule has 5 nitrogen and oxygen atoms in total. The van der Waals surface area contributed by atoms with Crippen molar-refractivity contribution in [1.82, 2.24) is 15.0 Å². The van der Waals surface area contributed by atoms with E-state index in [2.05, 4.69) is 53.1 Å². The van der Waals surface area contributed by atoms with Crippen molar-refractivity contribution in [3.05, 3.63) is 42.1 Å². The SMILES string of the molecule is CNC(=O)c1cnc(N)c2cc(-c3ccc(SNC(C)C)cc3)sc12. The number of carbonyl (C=O) groups excluding carboxylic acids is 1. The molecule has 7 heteroatoms. The van der Waals surface area contributed by atoms with Crippen molar-refractivity contribution in [2.75, 3.05) is 12.8 Å². The summed E-state index contributed by atoms with van der Waals surface area (Å²) < 4.78 is 4.19. The molecule has 4 N–H and O–H groups in total. The molecule has 3 aromatic rings. The Morgan fingerprint density at radius 2 is 2.00 bits per heavy atom. The van der Waals surface area contributed by atoms with Crippen LogP contribution in [0.15, 0.2) is 41.4 Å². The van der Waals surface area contributed by atoms with Gasteiger partial charge in [-0.15, -0.1) is 11.3 Å². The summed E-state index contributed by atoms with van der Waals surface area (Å²) in [6.07, 6.45) is 1.54. The Morgan fingerprint density at radius 3 is 2.64 bits per heavy atom. The summed E-state index contributed by atoms with van der Waals surface area (Å²) in [4.78, 5) is 18.4. The van der Waals surface area contributed by atoms with Crippen molar-refractivity contribution in [2.24, 2.45) is 0 Å². The average Bonchev–Trinajstić information content (AvgIpc) is 3.06. The Labute approximate surface area is 155 Å². The van der Waals surface area contributed by atoms with Gasteiger partial charge in [0.15, 0.2) is 0 Å². The van der Waals surface area contributed by atoms with Gasteiger partial charge >= 0.3 is 0 Å². The molecule has 0 radical (unpaired) electrons. The molecule has 1 aromatic carbocycles. The topological polar surface area (TPSA) is 80.0 Å². The van der Waals surface area contributed by atoms with Crippen molar-refractivity contribution < 1.29 is 4.79 Å². The fourth-order valence-electron chi connectivity index (χ4n) is 2.36. The minimum absolute atomic E-state index is 0.155. The molecule has 0 bridgehead atoms. The predicted molar refractivity (Wildman–Crippen MR) is 107 cm³/mol. The molecule has 130 valence electrons. The van der Waals surface area contributed by atoms with E-state index in [-0.39, 0.29) is 5.91 Å². The quantitative estimate of drug-likeness (QED) is 0.592. The van der Waals surface area contributed by atoms with Crippen molar-refractivity contribution in [3.8, 4) is 10.4 Å². The second-order valence-corrected chi connectivity index (χ2v) is 7.85. The minimum Gasteiger partial charge on any atom is -0.383 e. The Balaban J connectivity index is 1.96. The van der Waals surface area contributed by atoms with Gasteiger partial charge in [-0.05, 0) is 49.6 Å². The fraction of sp³-hybridized carbons (Fsp3) is 0.222. The molecule has 0 aliphatic rings. The summed E-state index contributed by atoms with van der Waals surface area (Å²) in [7, 11) is 1.61. The second kappa shape index (κ2) is 7.43. The molecule has 25 heavy (non-hydrogen) atoms. The van der Waals surface area contributed by atoms with E-state index in [1.165, 1.54) is 6.20 Å². The molecule has 0 saturated carbocycles. The average molecular weight is 373 g/mol. The number of nitrogens with two attached hydrogens (primary N) is 1. The van der Waals surface area contributed by atoms with Gasteiger partial charge < -0.3 is 11.1 Å². The van der Waals surface area contributed by atoms with Gasteiger partial charge in [0.25, 0.3) is 5.91 Å². The van der Waals surface area contributed by atoms with Crippen LogP contribution in [0.25, 0.3) is 20.5 Å². The molecular formula is C18H20N4OS2. The highest BCUT2D eigenvalue weighted by Crippen LogP contribution is 2.37. The first-order chi connectivity index (χ1) is 12.0. The lowest BCUT2D eigenvalue weighted by atomic mass is 10.1. The predicted octanol–water partition coefficient (Wildman–Crippen LogP) is 3.91. The van der Waals surface area contributed by atoms with Crippen LogP contribution in [0.5, 0.6) is 0 Å². The van der Waals surface area contributed by atoms with Crippen LogP contribution in [0.3, 0.4) is 0 Å². The van der Waals surface area contributed by atoms with E-state index < -0.39 is 0 Å². The molecule has 0 saturated heterocycles. The van der Waals surface area contributed by atoms with E-state index in [9.17, 15) is 4.79 Å². The van der Waals surface area contributed by atoms with Gasteiger partial charge in [-0.2, -0.15) is 0 Å². The fourth-order valence-corrected chi connectivity index (χ4v) is 4.18. The Bertz CT molecular complexity index is 903. The number of amides is 1. The third-order valence-electron chi connectivity index (χ3n) is 3.61. The van der Waals surface area contributed by atoms with Gasteiger partial charge in [-0.25, -0.2) is 4.98 Å². The van der Waals surface area contributed by atoms with Gasteiger partial charge in [0.2, 0.25) is 0 Å². The van der Waals surface area contributed by atoms with E-state index in [0.29, 0.717) is 17.4 Å². The molecule has 0 fully saturated rings. The number of hydrogen-bond donors (Lipinski definition) is 3. The highest BCUT2D eigenvalue weighted by Gasteiger charge is 2.15. The van der Waals surface area contributed by atoms with Crippen molar-refractivity contribution in [3.63, 3.8) is 0 Å². The van der Waals surface area contributed by atoms with Crippen LogP contribution < -0.4 is 15.8 Å². The molecule has 1 amide bonds. The number of thiophene rings is 1. The first-order valence-electron chi connectivity index (χ1n) is 7.92. The first kappa shape index (κ1) is 17.7. The van der Waals surface area contributed by atoms with Gasteiger partial charge in [0.05, 0.1) is 10.3 Å². The van der Waals surface area contributed by atoms with E-state index in [1.807, 2.05) is 6.07 Å². The highest BCUT2D eigenvalue weighted by molar-refractivity contribution is 7.97. The summed E-state index contributed by atoms with van der Waals surface area (Å²) in [6.45, 7) is 4.22. The lowest BCUT2D eigenvalue weighted by Crippen LogP contribution is -2.18. The maximum Gasteiger partial charge on any atom is 0.254 e. The van der Waals surface area contributed by atoms with E-state index in [0.717, 1.165) is 25.4 Å². The van der Waals surface area contributed by atoms with E-state index >= 15 is 0 Å². The third kappa shape index (κ3) is 3.78. The van der Waals surface area contributed by atoms with E-state index in [4.69, 9.17) is 5.73 Å². The molecule has 0 atom stereocenters. The van der Waals surface area contributed by atoms with Gasteiger partial charge in [0, 0.05) is 34.4 Å². The maximum atomic E-state index is 12.1. The Hall–Kier alpha value is -2.09. The number of benzene rings is 1. The van der Waals surface area contributed by atoms with Crippen LogP contribution >= 0.6 is 23.3 Å². The molecule has 2 aromatic heterocycles. The first-order valence-corrected chi connectivity index (χ1v) is 9.55. The zero-order chi connectivity index (χ0) is 18.0. The lowest BCUT2D eigenvalue weighted by molar-refractivity contribution is 0.0964. The lowest BCUT2D eigenvalue weighted by Gasteiger charge is -2.07. The minimum atomic E-state index is -0.155. The van der Waals surface area contributed by atoms with Crippen molar-refractivity contribution in [1.29, 1.82) is 0 Å². The Morgan fingerprint density at radius 1 is 1.28 bits per heavy atom. The summed E-state index contributed by atoms with van der Waals surface area (Å²) in [6, 6.07) is 10.8. The van der Waals surface area contributed by atoms with Crippen LogP contribution in [0.4, 0.5) is 5.82 Å². The molecule has 0 aliphatic heterocycles. The number of hydrogen-bond acceptors (Lipinski definition) is 6. The van der Waals surface area contributed by atoms with Crippen LogP contribution in [-0.2, 0) is 0 Å². The van der Waals surface area contributed by atoms with E-state index in [1.54, 1.807) is 30.3 Å². The number of pyridine rings is 1. The maximum absolute atomic E-state index is 12.1. The second-order valence-electron chi connectivity index (χ2n) is 5.89. The molecule has 2 heterocycles. The monoisotopic (exact) mass is 372 g/mol.